The summed E-state index contributed by atoms with van der Waals surface area (Å²) in [5.41, 5.74) is 0.894. The molecule has 0 aliphatic carbocycles. The van der Waals surface area contributed by atoms with E-state index in [9.17, 15) is 9.59 Å². The number of hydrogen-bond acceptors (Lipinski definition) is 5. The van der Waals surface area contributed by atoms with Gasteiger partial charge in [0.1, 0.15) is 12.7 Å². The molecule has 0 radical (unpaired) electrons. The average molecular weight is 427 g/mol. The topological polar surface area (TPSA) is 82.4 Å². The summed E-state index contributed by atoms with van der Waals surface area (Å²) in [6.45, 7) is 0.862. The molecule has 32 heavy (non-hydrogen) atoms. The molecule has 2 heterocycles. The number of aromatic nitrogens is 2. The first-order valence-electron chi connectivity index (χ1n) is 10.4. The molecule has 7 nitrogen and oxygen atoms in total. The van der Waals surface area contributed by atoms with Crippen LogP contribution < -0.4 is 20.3 Å². The summed E-state index contributed by atoms with van der Waals surface area (Å²) in [5.74, 6) is 0.971. The van der Waals surface area contributed by atoms with Crippen molar-refractivity contribution in [2.24, 2.45) is 0 Å². The van der Waals surface area contributed by atoms with Crippen LogP contribution in [0.4, 0.5) is 0 Å². The zero-order valence-electron chi connectivity index (χ0n) is 17.2. The van der Waals surface area contributed by atoms with Crippen molar-refractivity contribution in [1.29, 1.82) is 0 Å². The molecule has 0 bridgehead atoms. The summed E-state index contributed by atoms with van der Waals surface area (Å²) in [7, 11) is 0. The molecule has 1 N–H and O–H groups in total. The van der Waals surface area contributed by atoms with Crippen LogP contribution in [-0.2, 0) is 6.54 Å². The van der Waals surface area contributed by atoms with Crippen LogP contribution in [-0.4, -0.2) is 34.9 Å². The standard InChI is InChI=1S/C25H21N3O4/c29-24(26-14-18-16-31-21-12-6-7-13-22(21)32-18)23-19-10-4-5-11-20(19)25(30)28(27-23)15-17-8-2-1-3-9-17/h1-13,18H,14-16H2,(H,26,29)/t18-/m0/s1. The molecule has 3 aromatic carbocycles. The highest BCUT2D eigenvalue weighted by Crippen LogP contribution is 2.30. The number of carbonyl (C=O) groups excluding carboxylic acids is 1. The Morgan fingerprint density at radius 3 is 2.44 bits per heavy atom. The Morgan fingerprint density at radius 1 is 0.938 bits per heavy atom. The van der Waals surface area contributed by atoms with E-state index >= 15 is 0 Å². The van der Waals surface area contributed by atoms with Crippen molar-refractivity contribution in [3.63, 3.8) is 0 Å². The maximum Gasteiger partial charge on any atom is 0.274 e. The molecule has 1 aliphatic heterocycles. The first-order chi connectivity index (χ1) is 15.7. The van der Waals surface area contributed by atoms with Gasteiger partial charge in [-0.25, -0.2) is 4.68 Å². The summed E-state index contributed by atoms with van der Waals surface area (Å²) >= 11 is 0. The van der Waals surface area contributed by atoms with E-state index in [0.29, 0.717) is 28.9 Å². The molecule has 1 aliphatic rings. The molecular formula is C25H21N3O4. The number of para-hydroxylation sites is 2. The maximum atomic E-state index is 13.1. The number of ether oxygens (including phenoxy) is 2. The third-order valence-corrected chi connectivity index (χ3v) is 5.32. The second kappa shape index (κ2) is 8.55. The minimum Gasteiger partial charge on any atom is -0.486 e. The van der Waals surface area contributed by atoms with Crippen molar-refractivity contribution in [1.82, 2.24) is 15.1 Å². The Labute approximate surface area is 184 Å². The fraction of sp³-hybridized carbons (Fsp3) is 0.160. The van der Waals surface area contributed by atoms with Gasteiger partial charge in [-0.1, -0.05) is 60.7 Å². The lowest BCUT2D eigenvalue weighted by Gasteiger charge is -2.26. The lowest BCUT2D eigenvalue weighted by molar-refractivity contribution is 0.0786. The predicted molar refractivity (Wildman–Crippen MR) is 120 cm³/mol. The van der Waals surface area contributed by atoms with Crippen LogP contribution in [0.3, 0.4) is 0 Å². The highest BCUT2D eigenvalue weighted by atomic mass is 16.6. The second-order valence-electron chi connectivity index (χ2n) is 7.55. The lowest BCUT2D eigenvalue weighted by Crippen LogP contribution is -2.41. The maximum absolute atomic E-state index is 13.1. The van der Waals surface area contributed by atoms with Crippen LogP contribution in [0.2, 0.25) is 0 Å². The van der Waals surface area contributed by atoms with Gasteiger partial charge in [0, 0.05) is 5.39 Å². The van der Waals surface area contributed by atoms with Crippen LogP contribution in [0, 0.1) is 0 Å². The summed E-state index contributed by atoms with van der Waals surface area (Å²) in [6.07, 6.45) is -0.324. The van der Waals surface area contributed by atoms with Crippen LogP contribution in [0.5, 0.6) is 11.5 Å². The quantitative estimate of drug-likeness (QED) is 0.530. The Balaban J connectivity index is 1.40. The molecule has 5 rings (SSSR count). The van der Waals surface area contributed by atoms with Gasteiger partial charge in [0.2, 0.25) is 0 Å². The molecule has 0 fully saturated rings. The fourth-order valence-corrected chi connectivity index (χ4v) is 3.72. The van der Waals surface area contributed by atoms with Crippen molar-refractivity contribution in [3.05, 3.63) is 100 Å². The van der Waals surface area contributed by atoms with Crippen LogP contribution in [0.15, 0.2) is 83.7 Å². The SMILES string of the molecule is O=C(NC[C@H]1COc2ccccc2O1)c1nn(Cc2ccccc2)c(=O)c2ccccc12. The number of rotatable bonds is 5. The summed E-state index contributed by atoms with van der Waals surface area (Å²) in [4.78, 5) is 26.0. The highest BCUT2D eigenvalue weighted by molar-refractivity contribution is 6.04. The van der Waals surface area contributed by atoms with E-state index in [0.717, 1.165) is 5.56 Å². The van der Waals surface area contributed by atoms with Gasteiger partial charge in [-0.15, -0.1) is 0 Å². The van der Waals surface area contributed by atoms with Crippen molar-refractivity contribution in [3.8, 4) is 11.5 Å². The molecule has 0 spiro atoms. The van der Waals surface area contributed by atoms with E-state index in [1.165, 1.54) is 4.68 Å². The first kappa shape index (κ1) is 19.8. The van der Waals surface area contributed by atoms with Gasteiger partial charge in [-0.05, 0) is 23.8 Å². The first-order valence-corrected chi connectivity index (χ1v) is 10.4. The minimum absolute atomic E-state index is 0.202. The molecule has 4 aromatic rings. The smallest absolute Gasteiger partial charge is 0.274 e. The number of fused-ring (bicyclic) bond motifs is 2. The molecular weight excluding hydrogens is 406 g/mol. The molecule has 1 aromatic heterocycles. The zero-order chi connectivity index (χ0) is 21.9. The highest BCUT2D eigenvalue weighted by Gasteiger charge is 2.23. The lowest BCUT2D eigenvalue weighted by atomic mass is 10.1. The zero-order valence-corrected chi connectivity index (χ0v) is 17.2. The van der Waals surface area contributed by atoms with Crippen LogP contribution in [0.1, 0.15) is 16.1 Å². The number of hydrogen-bond donors (Lipinski definition) is 1. The van der Waals surface area contributed by atoms with Gasteiger partial charge in [0.25, 0.3) is 11.5 Å². The molecule has 0 unspecified atom stereocenters. The average Bonchev–Trinajstić information content (AvgIpc) is 2.85. The molecule has 1 atom stereocenters. The Bertz CT molecular complexity index is 1330. The largest absolute Gasteiger partial charge is 0.486 e. The number of nitrogens with one attached hydrogen (secondary N) is 1. The molecule has 0 saturated heterocycles. The third-order valence-electron chi connectivity index (χ3n) is 5.32. The number of nitrogens with zero attached hydrogens (tertiary/aromatic N) is 2. The van der Waals surface area contributed by atoms with E-state index in [1.807, 2.05) is 54.6 Å². The molecule has 1 amide bonds. The summed E-state index contributed by atoms with van der Waals surface area (Å²) in [6, 6.07) is 24.0. The van der Waals surface area contributed by atoms with Gasteiger partial charge < -0.3 is 14.8 Å². The van der Waals surface area contributed by atoms with E-state index < -0.39 is 0 Å². The van der Waals surface area contributed by atoms with E-state index in [4.69, 9.17) is 9.47 Å². The molecule has 160 valence electrons. The fourth-order valence-electron chi connectivity index (χ4n) is 3.72. The van der Waals surface area contributed by atoms with E-state index in [1.54, 1.807) is 24.3 Å². The third kappa shape index (κ3) is 3.92. The number of carbonyl (C=O) groups is 1. The summed E-state index contributed by atoms with van der Waals surface area (Å²) in [5, 5.41) is 8.27. The van der Waals surface area contributed by atoms with Crippen molar-refractivity contribution in [2.45, 2.75) is 12.6 Å². The van der Waals surface area contributed by atoms with Gasteiger partial charge >= 0.3 is 0 Å². The van der Waals surface area contributed by atoms with Gasteiger partial charge in [-0.2, -0.15) is 5.10 Å². The number of benzene rings is 3. The monoisotopic (exact) mass is 427 g/mol. The van der Waals surface area contributed by atoms with Crippen molar-refractivity contribution < 1.29 is 14.3 Å². The minimum atomic E-state index is -0.370. The summed E-state index contributed by atoms with van der Waals surface area (Å²) < 4.78 is 13.0. The van der Waals surface area contributed by atoms with Crippen LogP contribution in [0.25, 0.3) is 10.8 Å². The second-order valence-corrected chi connectivity index (χ2v) is 7.55. The normalized spacial score (nSPS) is 14.8. The Kier molecular flexibility index (Phi) is 5.29. The van der Waals surface area contributed by atoms with Gasteiger partial charge in [0.15, 0.2) is 17.2 Å². The molecule has 0 saturated carbocycles. The Hall–Kier alpha value is -4.13. The Morgan fingerprint density at radius 2 is 1.62 bits per heavy atom. The van der Waals surface area contributed by atoms with Gasteiger partial charge in [-0.3, -0.25) is 9.59 Å². The van der Waals surface area contributed by atoms with E-state index in [-0.39, 0.29) is 36.4 Å². The van der Waals surface area contributed by atoms with Crippen molar-refractivity contribution >= 4 is 16.7 Å². The number of amides is 1. The molecule has 7 heteroatoms. The predicted octanol–water partition coefficient (Wildman–Crippen LogP) is 3.01. The van der Waals surface area contributed by atoms with E-state index in [2.05, 4.69) is 10.4 Å². The van der Waals surface area contributed by atoms with Crippen LogP contribution >= 0.6 is 0 Å². The van der Waals surface area contributed by atoms with Crippen molar-refractivity contribution in [2.75, 3.05) is 13.2 Å². The van der Waals surface area contributed by atoms with Gasteiger partial charge in [0.05, 0.1) is 18.5 Å².